The Bertz CT molecular complexity index is 1600. The Labute approximate surface area is 227 Å². The summed E-state index contributed by atoms with van der Waals surface area (Å²) in [5.74, 6) is -0.304. The Balaban J connectivity index is 1.61. The van der Waals surface area contributed by atoms with Gasteiger partial charge in [0.1, 0.15) is 11.5 Å². The Morgan fingerprint density at radius 2 is 1.05 bits per heavy atom. The molecule has 0 bridgehead atoms. The lowest BCUT2D eigenvalue weighted by molar-refractivity contribution is 0.101. The molecule has 5 aromatic rings. The zero-order valence-corrected chi connectivity index (χ0v) is 21.7. The summed E-state index contributed by atoms with van der Waals surface area (Å²) in [5.41, 5.74) is 3.46. The molecule has 0 radical (unpaired) electrons. The van der Waals surface area contributed by atoms with Crippen LogP contribution in [0.2, 0.25) is 10.0 Å². The number of halogens is 2. The van der Waals surface area contributed by atoms with Crippen LogP contribution >= 0.6 is 23.2 Å². The number of anilines is 2. The van der Waals surface area contributed by atoms with E-state index in [2.05, 4.69) is 20.6 Å². The highest BCUT2D eigenvalue weighted by Crippen LogP contribution is 2.32. The number of benzene rings is 4. The summed E-state index contributed by atoms with van der Waals surface area (Å²) < 4.78 is 10.7. The molecule has 0 spiro atoms. The van der Waals surface area contributed by atoms with Crippen molar-refractivity contribution in [3.8, 4) is 11.5 Å². The van der Waals surface area contributed by atoms with Crippen molar-refractivity contribution in [3.05, 3.63) is 94.0 Å². The second kappa shape index (κ2) is 10.5. The maximum atomic E-state index is 13.3. The van der Waals surface area contributed by atoms with Gasteiger partial charge in [0.15, 0.2) is 0 Å². The van der Waals surface area contributed by atoms with Crippen molar-refractivity contribution in [2.45, 2.75) is 0 Å². The maximum Gasteiger partial charge on any atom is 0.259 e. The van der Waals surface area contributed by atoms with Crippen LogP contribution in [0.1, 0.15) is 20.7 Å². The quantitative estimate of drug-likeness (QED) is 0.232. The second-order valence-electron chi connectivity index (χ2n) is 8.20. The maximum absolute atomic E-state index is 13.3. The number of hydrogen-bond donors (Lipinski definition) is 2. The molecule has 0 aliphatic rings. The number of fused-ring (bicyclic) bond motifs is 2. The number of para-hydroxylation sites is 2. The molecule has 0 aliphatic carbocycles. The zero-order chi connectivity index (χ0) is 26.8. The second-order valence-corrected chi connectivity index (χ2v) is 9.07. The predicted molar refractivity (Wildman–Crippen MR) is 149 cm³/mol. The molecular formula is C28H20Cl2N4O4. The van der Waals surface area contributed by atoms with Gasteiger partial charge in [0.25, 0.3) is 11.8 Å². The summed E-state index contributed by atoms with van der Waals surface area (Å²) in [6.45, 7) is 0. The third-order valence-corrected chi connectivity index (χ3v) is 6.26. The van der Waals surface area contributed by atoms with Crippen molar-refractivity contribution in [3.63, 3.8) is 0 Å². The number of methoxy groups -OCH3 is 2. The normalized spacial score (nSPS) is 10.8. The molecule has 8 nitrogen and oxygen atoms in total. The number of rotatable bonds is 6. The SMILES string of the molecule is COc1ccc(Cl)cc1C(=O)Nc1cc2nc3ccccc3nc2cc1NC(=O)c1cc(Cl)ccc1OC. The first-order valence-electron chi connectivity index (χ1n) is 11.4. The average molecular weight is 547 g/mol. The van der Waals surface area contributed by atoms with Crippen molar-refractivity contribution in [2.24, 2.45) is 0 Å². The molecule has 10 heteroatoms. The molecule has 0 unspecified atom stereocenters. The van der Waals surface area contributed by atoms with E-state index in [1.165, 1.54) is 26.4 Å². The summed E-state index contributed by atoms with van der Waals surface area (Å²) in [6.07, 6.45) is 0. The van der Waals surface area contributed by atoms with Crippen LogP contribution in [0, 0.1) is 0 Å². The third-order valence-electron chi connectivity index (χ3n) is 5.79. The van der Waals surface area contributed by atoms with Crippen molar-refractivity contribution in [1.29, 1.82) is 0 Å². The van der Waals surface area contributed by atoms with Crippen molar-refractivity contribution in [2.75, 3.05) is 24.9 Å². The zero-order valence-electron chi connectivity index (χ0n) is 20.2. The largest absolute Gasteiger partial charge is 0.496 e. The van der Waals surface area contributed by atoms with Crippen molar-refractivity contribution < 1.29 is 19.1 Å². The predicted octanol–water partition coefficient (Wildman–Crippen LogP) is 6.61. The van der Waals surface area contributed by atoms with Crippen LogP contribution < -0.4 is 20.1 Å². The Hall–Kier alpha value is -4.40. The fourth-order valence-electron chi connectivity index (χ4n) is 3.97. The topological polar surface area (TPSA) is 102 Å². The fourth-order valence-corrected chi connectivity index (χ4v) is 4.31. The molecule has 5 rings (SSSR count). The highest BCUT2D eigenvalue weighted by Gasteiger charge is 2.19. The van der Waals surface area contributed by atoms with E-state index >= 15 is 0 Å². The van der Waals surface area contributed by atoms with Crippen LogP contribution in [0.3, 0.4) is 0 Å². The van der Waals surface area contributed by atoms with Gasteiger partial charge in [-0.25, -0.2) is 9.97 Å². The Kier molecular flexibility index (Phi) is 7.00. The van der Waals surface area contributed by atoms with Crippen LogP contribution in [0.15, 0.2) is 72.8 Å². The Morgan fingerprint density at radius 3 is 1.45 bits per heavy atom. The van der Waals surface area contributed by atoms with E-state index in [-0.39, 0.29) is 11.1 Å². The van der Waals surface area contributed by atoms with Crippen molar-refractivity contribution >= 4 is 68.5 Å². The minimum absolute atomic E-state index is 0.221. The van der Waals surface area contributed by atoms with E-state index in [9.17, 15) is 9.59 Å². The molecule has 4 aromatic carbocycles. The van der Waals surface area contributed by atoms with Gasteiger partial charge in [-0.1, -0.05) is 35.3 Å². The number of aromatic nitrogens is 2. The molecule has 190 valence electrons. The molecule has 0 saturated carbocycles. The lowest BCUT2D eigenvalue weighted by Gasteiger charge is -2.16. The smallest absolute Gasteiger partial charge is 0.259 e. The monoisotopic (exact) mass is 546 g/mol. The van der Waals surface area contributed by atoms with E-state index in [0.29, 0.717) is 55.0 Å². The minimum Gasteiger partial charge on any atom is -0.496 e. The summed E-state index contributed by atoms with van der Waals surface area (Å²) in [7, 11) is 2.92. The number of nitrogens with zero attached hydrogens (tertiary/aromatic N) is 2. The van der Waals surface area contributed by atoms with E-state index in [4.69, 9.17) is 32.7 Å². The standard InChI is InChI=1S/C28H20Cl2N4O4/c1-37-25-9-7-15(29)11-17(25)27(35)33-23-13-21-22(32-20-6-4-3-5-19(20)31-21)14-24(23)34-28(36)18-12-16(30)8-10-26(18)38-2/h3-14H,1-2H3,(H,33,35)(H,34,36). The van der Waals surface area contributed by atoms with E-state index < -0.39 is 11.8 Å². The lowest BCUT2D eigenvalue weighted by atomic mass is 10.1. The van der Waals surface area contributed by atoms with E-state index in [0.717, 1.165) is 0 Å². The molecule has 0 saturated heterocycles. The van der Waals surface area contributed by atoms with Crippen LogP contribution in [-0.2, 0) is 0 Å². The first-order valence-corrected chi connectivity index (χ1v) is 12.1. The molecule has 38 heavy (non-hydrogen) atoms. The van der Waals surface area contributed by atoms with E-state index in [1.807, 2.05) is 24.3 Å². The molecular weight excluding hydrogens is 527 g/mol. The molecule has 0 aliphatic heterocycles. The number of ether oxygens (including phenoxy) is 2. The highest BCUT2D eigenvalue weighted by atomic mass is 35.5. The summed E-state index contributed by atoms with van der Waals surface area (Å²) >= 11 is 12.3. The Morgan fingerprint density at radius 1 is 0.632 bits per heavy atom. The number of carbonyl (C=O) groups is 2. The van der Waals surface area contributed by atoms with Crippen LogP contribution in [0.5, 0.6) is 11.5 Å². The highest BCUT2D eigenvalue weighted by molar-refractivity contribution is 6.31. The van der Waals surface area contributed by atoms with Gasteiger partial charge >= 0.3 is 0 Å². The molecule has 0 atom stereocenters. The van der Waals surface area contributed by atoms with Crippen LogP contribution in [0.4, 0.5) is 11.4 Å². The average Bonchev–Trinajstić information content (AvgIpc) is 2.92. The number of nitrogens with one attached hydrogen (secondary N) is 2. The van der Waals surface area contributed by atoms with Gasteiger partial charge in [0, 0.05) is 10.0 Å². The molecule has 1 heterocycles. The van der Waals surface area contributed by atoms with Crippen LogP contribution in [0.25, 0.3) is 22.1 Å². The van der Waals surface area contributed by atoms with Gasteiger partial charge in [-0.15, -0.1) is 0 Å². The van der Waals surface area contributed by atoms with Gasteiger partial charge in [0.2, 0.25) is 0 Å². The number of amides is 2. The summed E-state index contributed by atoms with van der Waals surface area (Å²) in [4.78, 5) is 36.0. The van der Waals surface area contributed by atoms with Crippen LogP contribution in [-0.4, -0.2) is 36.0 Å². The summed E-state index contributed by atoms with van der Waals surface area (Å²) in [6, 6.07) is 20.2. The van der Waals surface area contributed by atoms with Gasteiger partial charge < -0.3 is 20.1 Å². The fraction of sp³-hybridized carbons (Fsp3) is 0.0714. The molecule has 2 amide bonds. The number of hydrogen-bond acceptors (Lipinski definition) is 6. The number of carbonyl (C=O) groups excluding carboxylic acids is 2. The van der Waals surface area contributed by atoms with Gasteiger partial charge in [0.05, 0.1) is 58.8 Å². The van der Waals surface area contributed by atoms with Gasteiger partial charge in [-0.2, -0.15) is 0 Å². The van der Waals surface area contributed by atoms with Gasteiger partial charge in [-0.3, -0.25) is 9.59 Å². The third kappa shape index (κ3) is 5.04. The lowest BCUT2D eigenvalue weighted by Crippen LogP contribution is -2.18. The molecule has 1 aromatic heterocycles. The first kappa shape index (κ1) is 25.3. The minimum atomic E-state index is -0.492. The summed E-state index contributed by atoms with van der Waals surface area (Å²) in [5, 5.41) is 6.43. The van der Waals surface area contributed by atoms with Gasteiger partial charge in [-0.05, 0) is 60.7 Å². The van der Waals surface area contributed by atoms with E-state index in [1.54, 1.807) is 36.4 Å². The molecule has 2 N–H and O–H groups in total. The first-order chi connectivity index (χ1) is 18.4. The molecule has 0 fully saturated rings. The van der Waals surface area contributed by atoms with Crippen molar-refractivity contribution in [1.82, 2.24) is 9.97 Å².